The van der Waals surface area contributed by atoms with Gasteiger partial charge in [-0.25, -0.2) is 4.79 Å². The van der Waals surface area contributed by atoms with Gasteiger partial charge in [0.2, 0.25) is 0 Å². The van der Waals surface area contributed by atoms with Crippen LogP contribution in [0.15, 0.2) is 45.7 Å². The lowest BCUT2D eigenvalue weighted by Gasteiger charge is -2.18. The van der Waals surface area contributed by atoms with E-state index in [0.717, 1.165) is 5.56 Å². The molecule has 1 N–H and O–H groups in total. The predicted molar refractivity (Wildman–Crippen MR) is 101 cm³/mol. The first-order valence-electron chi connectivity index (χ1n) is 7.57. The number of thiocarbonyl (C=S) groups is 1. The van der Waals surface area contributed by atoms with Crippen LogP contribution >= 0.6 is 24.0 Å². The molecule has 1 fully saturated rings. The fourth-order valence-electron chi connectivity index (χ4n) is 2.42. The zero-order valence-corrected chi connectivity index (χ0v) is 15.2. The molecule has 0 radical (unpaired) electrons. The van der Waals surface area contributed by atoms with Crippen molar-refractivity contribution in [2.24, 2.45) is 0 Å². The van der Waals surface area contributed by atoms with Crippen molar-refractivity contribution >= 4 is 46.3 Å². The van der Waals surface area contributed by atoms with E-state index in [1.165, 1.54) is 23.9 Å². The average molecular weight is 373 g/mol. The minimum atomic E-state index is -0.973. The molecule has 1 aliphatic heterocycles. The summed E-state index contributed by atoms with van der Waals surface area (Å²) in [6.45, 7) is 3.83. The maximum absolute atomic E-state index is 12.4. The van der Waals surface area contributed by atoms with Crippen molar-refractivity contribution in [2.45, 2.75) is 19.9 Å². The Morgan fingerprint density at radius 2 is 1.92 bits per heavy atom. The highest BCUT2D eigenvalue weighted by molar-refractivity contribution is 8.26. The van der Waals surface area contributed by atoms with Crippen LogP contribution in [0, 0.1) is 0 Å². The third-order valence-corrected chi connectivity index (χ3v) is 4.99. The molecule has 0 aliphatic carbocycles. The van der Waals surface area contributed by atoms with Crippen molar-refractivity contribution in [1.82, 2.24) is 4.90 Å². The van der Waals surface area contributed by atoms with Gasteiger partial charge in [-0.3, -0.25) is 9.69 Å². The summed E-state index contributed by atoms with van der Waals surface area (Å²) in [6.07, 6.45) is 1.68. The summed E-state index contributed by atoms with van der Waals surface area (Å²) in [5, 5.41) is 8.94. The zero-order chi connectivity index (χ0) is 18.1. The van der Waals surface area contributed by atoms with Gasteiger partial charge in [-0.2, -0.15) is 0 Å². The molecule has 2 aromatic rings. The van der Waals surface area contributed by atoms with Crippen molar-refractivity contribution in [3.63, 3.8) is 0 Å². The Bertz CT molecular complexity index is 881. The van der Waals surface area contributed by atoms with Crippen LogP contribution in [0.5, 0.6) is 0 Å². The summed E-state index contributed by atoms with van der Waals surface area (Å²) >= 11 is 6.51. The van der Waals surface area contributed by atoms with E-state index in [4.69, 9.17) is 21.7 Å². The van der Waals surface area contributed by atoms with Crippen molar-refractivity contribution in [2.75, 3.05) is 0 Å². The van der Waals surface area contributed by atoms with E-state index in [2.05, 4.69) is 0 Å². The first-order valence-corrected chi connectivity index (χ1v) is 8.80. The standard InChI is InChI=1S/C18H15NO4S2/c1-10(2)19-16(20)15(25-18(19)24)9-13-7-8-14(23-13)11-3-5-12(6-4-11)17(21)22/h3-10H,1-2H3,(H,21,22)/b15-9-. The van der Waals surface area contributed by atoms with Crippen LogP contribution in [0.4, 0.5) is 0 Å². The van der Waals surface area contributed by atoms with Crippen molar-refractivity contribution in [1.29, 1.82) is 0 Å². The summed E-state index contributed by atoms with van der Waals surface area (Å²) in [7, 11) is 0. The van der Waals surface area contributed by atoms with Crippen LogP contribution in [0.3, 0.4) is 0 Å². The third-order valence-electron chi connectivity index (χ3n) is 3.66. The molecule has 2 heterocycles. The number of carboxylic acids is 1. The second kappa shape index (κ2) is 6.85. The van der Waals surface area contributed by atoms with Gasteiger partial charge in [0.15, 0.2) is 0 Å². The van der Waals surface area contributed by atoms with Gasteiger partial charge < -0.3 is 9.52 Å². The quantitative estimate of drug-likeness (QED) is 0.638. The Balaban J connectivity index is 1.83. The predicted octanol–water partition coefficient (Wildman–Crippen LogP) is 4.25. The number of rotatable bonds is 4. The van der Waals surface area contributed by atoms with E-state index in [0.29, 0.717) is 20.7 Å². The summed E-state index contributed by atoms with van der Waals surface area (Å²) in [5.74, 6) is 0.0525. The highest BCUT2D eigenvalue weighted by Gasteiger charge is 2.33. The fraction of sp³-hybridized carbons (Fsp3) is 0.167. The lowest BCUT2D eigenvalue weighted by molar-refractivity contribution is -0.123. The number of aromatic carboxylic acids is 1. The van der Waals surface area contributed by atoms with Crippen LogP contribution in [0.25, 0.3) is 17.4 Å². The molecule has 0 unspecified atom stereocenters. The zero-order valence-electron chi connectivity index (χ0n) is 13.6. The molecule has 7 heteroatoms. The maximum Gasteiger partial charge on any atom is 0.335 e. The molecular weight excluding hydrogens is 358 g/mol. The Hall–Kier alpha value is -2.38. The first kappa shape index (κ1) is 17.4. The van der Waals surface area contributed by atoms with Gasteiger partial charge in [-0.05, 0) is 38.1 Å². The number of nitrogens with zero attached hydrogens (tertiary/aromatic N) is 1. The second-order valence-corrected chi connectivity index (χ2v) is 7.41. The van der Waals surface area contributed by atoms with Gasteiger partial charge in [0.05, 0.1) is 10.5 Å². The summed E-state index contributed by atoms with van der Waals surface area (Å²) in [6, 6.07) is 9.97. The van der Waals surface area contributed by atoms with Crippen LogP contribution in [-0.2, 0) is 4.79 Å². The molecule has 0 atom stereocenters. The number of benzene rings is 1. The molecule has 1 aliphatic rings. The van der Waals surface area contributed by atoms with Crippen LogP contribution in [0.1, 0.15) is 30.0 Å². The highest BCUT2D eigenvalue weighted by Crippen LogP contribution is 2.34. The van der Waals surface area contributed by atoms with Gasteiger partial charge in [0.1, 0.15) is 15.8 Å². The molecular formula is C18H15NO4S2. The number of furan rings is 1. The van der Waals surface area contributed by atoms with Gasteiger partial charge in [-0.15, -0.1) is 0 Å². The van der Waals surface area contributed by atoms with E-state index in [-0.39, 0.29) is 17.5 Å². The number of carbonyl (C=O) groups is 2. The fourth-order valence-corrected chi connectivity index (χ4v) is 3.92. The molecule has 1 aromatic carbocycles. The van der Waals surface area contributed by atoms with Gasteiger partial charge in [0, 0.05) is 17.7 Å². The minimum Gasteiger partial charge on any atom is -0.478 e. The monoisotopic (exact) mass is 373 g/mol. The molecule has 1 saturated heterocycles. The third kappa shape index (κ3) is 3.52. The molecule has 128 valence electrons. The molecule has 3 rings (SSSR count). The van der Waals surface area contributed by atoms with E-state index in [1.54, 1.807) is 35.2 Å². The first-order chi connectivity index (χ1) is 11.9. The SMILES string of the molecule is CC(C)N1C(=O)/C(=C/c2ccc(-c3ccc(C(=O)O)cc3)o2)SC1=S. The van der Waals surface area contributed by atoms with E-state index < -0.39 is 5.97 Å². The number of carbonyl (C=O) groups excluding carboxylic acids is 1. The van der Waals surface area contributed by atoms with Crippen molar-refractivity contribution in [3.8, 4) is 11.3 Å². The Morgan fingerprint density at radius 3 is 2.48 bits per heavy atom. The largest absolute Gasteiger partial charge is 0.478 e. The van der Waals surface area contributed by atoms with Crippen molar-refractivity contribution < 1.29 is 19.1 Å². The molecule has 5 nitrogen and oxygen atoms in total. The van der Waals surface area contributed by atoms with E-state index in [1.807, 2.05) is 13.8 Å². The van der Waals surface area contributed by atoms with Gasteiger partial charge in [0.25, 0.3) is 5.91 Å². The number of thioether (sulfide) groups is 1. The lowest BCUT2D eigenvalue weighted by atomic mass is 10.1. The Kier molecular flexibility index (Phi) is 4.78. The normalized spacial score (nSPS) is 16.3. The van der Waals surface area contributed by atoms with Crippen LogP contribution < -0.4 is 0 Å². The molecule has 0 bridgehead atoms. The number of carboxylic acid groups (broad SMARTS) is 1. The number of hydrogen-bond donors (Lipinski definition) is 1. The van der Waals surface area contributed by atoms with Gasteiger partial charge >= 0.3 is 5.97 Å². The lowest BCUT2D eigenvalue weighted by Crippen LogP contribution is -2.34. The minimum absolute atomic E-state index is 0.0123. The molecule has 25 heavy (non-hydrogen) atoms. The van der Waals surface area contributed by atoms with E-state index >= 15 is 0 Å². The van der Waals surface area contributed by atoms with Crippen molar-refractivity contribution in [3.05, 3.63) is 52.6 Å². The number of hydrogen-bond acceptors (Lipinski definition) is 5. The maximum atomic E-state index is 12.4. The Morgan fingerprint density at radius 1 is 1.24 bits per heavy atom. The molecule has 0 saturated carbocycles. The topological polar surface area (TPSA) is 70.8 Å². The average Bonchev–Trinajstić information content (AvgIpc) is 3.12. The summed E-state index contributed by atoms with van der Waals surface area (Å²) in [4.78, 5) is 25.4. The van der Waals surface area contributed by atoms with E-state index in [9.17, 15) is 9.59 Å². The molecule has 0 spiro atoms. The Labute approximate surface area is 154 Å². The summed E-state index contributed by atoms with van der Waals surface area (Å²) in [5.41, 5.74) is 0.979. The van der Waals surface area contributed by atoms with Crippen LogP contribution in [-0.4, -0.2) is 32.2 Å². The second-order valence-electron chi connectivity index (χ2n) is 5.73. The highest BCUT2D eigenvalue weighted by atomic mass is 32.2. The van der Waals surface area contributed by atoms with Gasteiger partial charge in [-0.1, -0.05) is 36.1 Å². The molecule has 1 amide bonds. The molecule has 1 aromatic heterocycles. The summed E-state index contributed by atoms with van der Waals surface area (Å²) < 4.78 is 6.30. The van der Waals surface area contributed by atoms with Crippen LogP contribution in [0.2, 0.25) is 0 Å². The smallest absolute Gasteiger partial charge is 0.335 e. The number of amides is 1.